The smallest absolute Gasteiger partial charge is 0.217 e. The summed E-state index contributed by atoms with van der Waals surface area (Å²) in [6.07, 6.45) is 8.55. The molecule has 1 aliphatic carbocycles. The fourth-order valence-electron chi connectivity index (χ4n) is 4.42. The Labute approximate surface area is 174 Å². The van der Waals surface area contributed by atoms with E-state index in [4.69, 9.17) is 0 Å². The van der Waals surface area contributed by atoms with Crippen LogP contribution in [0.1, 0.15) is 24.8 Å². The van der Waals surface area contributed by atoms with Gasteiger partial charge < -0.3 is 4.57 Å². The molecule has 6 rings (SSSR count). The van der Waals surface area contributed by atoms with Crippen LogP contribution in [0.2, 0.25) is 0 Å². The van der Waals surface area contributed by atoms with Crippen LogP contribution in [0.4, 0.5) is 0 Å². The molecular formula is C24H21N3OS. The summed E-state index contributed by atoms with van der Waals surface area (Å²) in [5.74, 6) is 0. The maximum absolute atomic E-state index is 10.1. The minimum absolute atomic E-state index is 0.266. The fraction of sp³-hybridized carbons (Fsp3) is 0.167. The van der Waals surface area contributed by atoms with E-state index in [2.05, 4.69) is 56.7 Å². The van der Waals surface area contributed by atoms with Gasteiger partial charge in [-0.25, -0.2) is 4.98 Å². The molecule has 0 bridgehead atoms. The molecule has 3 aromatic carbocycles. The molecule has 29 heavy (non-hydrogen) atoms. The highest BCUT2D eigenvalue weighted by Gasteiger charge is 2.46. The molecular weight excluding hydrogens is 378 g/mol. The molecule has 1 fully saturated rings. The SMILES string of the molecule is O=CNSc1ccc2ccccc2c1.c1ccc2c(c1)-c1cncn1C21CCC1. The second kappa shape index (κ2) is 7.41. The first-order chi connectivity index (χ1) is 14.3. The highest BCUT2D eigenvalue weighted by Crippen LogP contribution is 2.53. The lowest BCUT2D eigenvalue weighted by molar-refractivity contribution is -0.107. The zero-order valence-electron chi connectivity index (χ0n) is 15.9. The summed E-state index contributed by atoms with van der Waals surface area (Å²) in [7, 11) is 0. The number of carbonyl (C=O) groups excluding carboxylic acids is 1. The molecule has 0 saturated heterocycles. The summed E-state index contributed by atoms with van der Waals surface area (Å²) in [5, 5.41) is 2.40. The van der Waals surface area contributed by atoms with Gasteiger partial charge in [-0.15, -0.1) is 0 Å². The van der Waals surface area contributed by atoms with Gasteiger partial charge in [-0.2, -0.15) is 0 Å². The number of hydrogen-bond acceptors (Lipinski definition) is 3. The first-order valence-corrected chi connectivity index (χ1v) is 10.6. The number of hydrogen-bond donors (Lipinski definition) is 1. The highest BCUT2D eigenvalue weighted by molar-refractivity contribution is 7.97. The topological polar surface area (TPSA) is 46.9 Å². The molecule has 2 aliphatic rings. The average molecular weight is 400 g/mol. The molecule has 2 heterocycles. The number of aromatic nitrogens is 2. The molecule has 1 spiro atoms. The summed E-state index contributed by atoms with van der Waals surface area (Å²) >= 11 is 1.32. The Bertz CT molecular complexity index is 1180. The van der Waals surface area contributed by atoms with Gasteiger partial charge in [0.2, 0.25) is 6.41 Å². The Kier molecular flexibility index (Phi) is 4.60. The first-order valence-electron chi connectivity index (χ1n) is 9.79. The van der Waals surface area contributed by atoms with Crippen LogP contribution in [0.15, 0.2) is 84.1 Å². The number of amides is 1. The van der Waals surface area contributed by atoms with Gasteiger partial charge in [0.05, 0.1) is 23.8 Å². The Morgan fingerprint density at radius 2 is 1.79 bits per heavy atom. The van der Waals surface area contributed by atoms with E-state index in [0.717, 1.165) is 4.90 Å². The van der Waals surface area contributed by atoms with Crippen molar-refractivity contribution in [2.24, 2.45) is 0 Å². The van der Waals surface area contributed by atoms with Crippen LogP contribution in [0.5, 0.6) is 0 Å². The van der Waals surface area contributed by atoms with Gasteiger partial charge >= 0.3 is 0 Å². The van der Waals surface area contributed by atoms with E-state index in [0.29, 0.717) is 6.41 Å². The van der Waals surface area contributed by atoms with Crippen molar-refractivity contribution in [1.29, 1.82) is 0 Å². The number of fused-ring (bicyclic) bond motifs is 6. The molecule has 4 nitrogen and oxygen atoms in total. The number of nitrogens with one attached hydrogen (secondary N) is 1. The summed E-state index contributed by atoms with van der Waals surface area (Å²) in [5.41, 5.74) is 4.45. The van der Waals surface area contributed by atoms with Crippen LogP contribution < -0.4 is 4.72 Å². The van der Waals surface area contributed by atoms with Gasteiger partial charge in [0.1, 0.15) is 0 Å². The number of imidazole rings is 1. The lowest BCUT2D eigenvalue weighted by Gasteiger charge is -2.41. The van der Waals surface area contributed by atoms with E-state index in [-0.39, 0.29) is 5.54 Å². The van der Waals surface area contributed by atoms with E-state index in [1.807, 2.05) is 36.8 Å². The van der Waals surface area contributed by atoms with E-state index in [9.17, 15) is 4.79 Å². The predicted octanol–water partition coefficient (Wildman–Crippen LogP) is 5.38. The van der Waals surface area contributed by atoms with Gasteiger partial charge in [0.25, 0.3) is 0 Å². The summed E-state index contributed by atoms with van der Waals surface area (Å²) in [6.45, 7) is 0. The van der Waals surface area contributed by atoms with Gasteiger partial charge in [-0.05, 0) is 59.7 Å². The van der Waals surface area contributed by atoms with Crippen LogP contribution in [-0.2, 0) is 10.3 Å². The maximum atomic E-state index is 10.1. The third kappa shape index (κ3) is 3.02. The Balaban J connectivity index is 0.000000126. The van der Waals surface area contributed by atoms with Crippen LogP contribution in [0.3, 0.4) is 0 Å². The Morgan fingerprint density at radius 1 is 1.00 bits per heavy atom. The molecule has 0 unspecified atom stereocenters. The lowest BCUT2D eigenvalue weighted by atomic mass is 9.72. The number of carbonyl (C=O) groups is 1. The van der Waals surface area contributed by atoms with Gasteiger partial charge in [-0.1, -0.05) is 54.6 Å². The molecule has 1 saturated carbocycles. The molecule has 1 aliphatic heterocycles. The van der Waals surface area contributed by atoms with Crippen molar-refractivity contribution in [2.45, 2.75) is 29.7 Å². The van der Waals surface area contributed by atoms with Crippen molar-refractivity contribution < 1.29 is 4.79 Å². The summed E-state index contributed by atoms with van der Waals surface area (Å²) in [6, 6.07) is 23.0. The number of rotatable bonds is 3. The maximum Gasteiger partial charge on any atom is 0.217 e. The summed E-state index contributed by atoms with van der Waals surface area (Å²) in [4.78, 5) is 15.4. The molecule has 144 valence electrons. The Morgan fingerprint density at radius 3 is 2.59 bits per heavy atom. The van der Waals surface area contributed by atoms with Crippen molar-refractivity contribution in [3.63, 3.8) is 0 Å². The molecule has 5 heteroatoms. The lowest BCUT2D eigenvalue weighted by Crippen LogP contribution is -2.38. The van der Waals surface area contributed by atoms with Gasteiger partial charge in [-0.3, -0.25) is 9.52 Å². The van der Waals surface area contributed by atoms with Crippen molar-refractivity contribution in [1.82, 2.24) is 14.3 Å². The third-order valence-corrected chi connectivity index (χ3v) is 6.63. The standard InChI is InChI=1S/C13H12N2.C11H9NOS/c1-2-5-11-10(4-1)12-8-14-9-15(12)13(11)6-3-7-13;13-8-12-14-11-6-5-9-3-1-2-4-10(9)7-11/h1-2,4-5,8-9H,3,6-7H2;1-8H,(H,12,13). The van der Waals surface area contributed by atoms with Crippen LogP contribution in [0, 0.1) is 0 Å². The van der Waals surface area contributed by atoms with Crippen molar-refractivity contribution in [2.75, 3.05) is 0 Å². The van der Waals surface area contributed by atoms with Crippen molar-refractivity contribution in [3.05, 3.63) is 84.8 Å². The minimum Gasteiger partial charge on any atom is -0.320 e. The molecule has 1 N–H and O–H groups in total. The van der Waals surface area contributed by atoms with Crippen LogP contribution in [0.25, 0.3) is 22.0 Å². The van der Waals surface area contributed by atoms with E-state index in [1.165, 1.54) is 58.8 Å². The van der Waals surface area contributed by atoms with E-state index in [1.54, 1.807) is 0 Å². The average Bonchev–Trinajstić information content (AvgIpc) is 3.32. The normalized spacial score (nSPS) is 15.0. The fourth-order valence-corrected chi connectivity index (χ4v) is 4.93. The zero-order valence-corrected chi connectivity index (χ0v) is 16.7. The molecule has 4 aromatic rings. The van der Waals surface area contributed by atoms with E-state index < -0.39 is 0 Å². The minimum atomic E-state index is 0.266. The first kappa shape index (κ1) is 18.0. The second-order valence-electron chi connectivity index (χ2n) is 7.43. The van der Waals surface area contributed by atoms with Gasteiger partial charge in [0, 0.05) is 10.5 Å². The highest BCUT2D eigenvalue weighted by atomic mass is 32.2. The molecule has 0 atom stereocenters. The largest absolute Gasteiger partial charge is 0.320 e. The van der Waals surface area contributed by atoms with Crippen LogP contribution in [-0.4, -0.2) is 16.0 Å². The monoisotopic (exact) mass is 399 g/mol. The predicted molar refractivity (Wildman–Crippen MR) is 118 cm³/mol. The molecule has 0 radical (unpaired) electrons. The second-order valence-corrected chi connectivity index (χ2v) is 8.34. The molecule has 1 amide bonds. The van der Waals surface area contributed by atoms with Crippen molar-refractivity contribution in [3.8, 4) is 11.3 Å². The van der Waals surface area contributed by atoms with Crippen LogP contribution >= 0.6 is 11.9 Å². The summed E-state index contributed by atoms with van der Waals surface area (Å²) < 4.78 is 4.94. The quantitative estimate of drug-likeness (QED) is 0.371. The number of benzene rings is 3. The third-order valence-electron chi connectivity index (χ3n) is 5.93. The van der Waals surface area contributed by atoms with Crippen molar-refractivity contribution >= 4 is 29.1 Å². The zero-order chi connectivity index (χ0) is 19.7. The van der Waals surface area contributed by atoms with E-state index >= 15 is 0 Å². The molecule has 1 aromatic heterocycles. The Hall–Kier alpha value is -3.05. The van der Waals surface area contributed by atoms with Gasteiger partial charge in [0.15, 0.2) is 0 Å². The number of nitrogens with zero attached hydrogens (tertiary/aromatic N) is 2.